The first-order chi connectivity index (χ1) is 12.6. The Bertz CT molecular complexity index is 673. The third-order valence-electron chi connectivity index (χ3n) is 4.94. The van der Waals surface area contributed by atoms with E-state index in [2.05, 4.69) is 20.5 Å². The first-order valence-electron chi connectivity index (χ1n) is 9.29. The average Bonchev–Trinajstić information content (AvgIpc) is 2.99. The average molecular weight is 490 g/mol. The van der Waals surface area contributed by atoms with Gasteiger partial charge in [-0.25, -0.2) is 9.38 Å². The van der Waals surface area contributed by atoms with Crippen molar-refractivity contribution < 1.29 is 13.9 Å². The van der Waals surface area contributed by atoms with Crippen LogP contribution in [0.4, 0.5) is 4.39 Å². The standard InChI is InChI=1S/C19H27FN4O2.HI/c1-2-21-18(22-9-11-26-16-7-4-3-6-15(16)20)24-10-5-8-19(14-24)12-17(25)23-13-19;/h3-4,6-7H,2,5,8-14H2,1H3,(H,21,22)(H,23,25);1H. The number of nitrogens with one attached hydrogen (secondary N) is 2. The van der Waals surface area contributed by atoms with E-state index in [1.165, 1.54) is 6.07 Å². The van der Waals surface area contributed by atoms with Crippen molar-refractivity contribution in [2.75, 3.05) is 39.3 Å². The number of carbonyl (C=O) groups excluding carboxylic acids is 1. The van der Waals surface area contributed by atoms with Crippen molar-refractivity contribution in [3.63, 3.8) is 0 Å². The highest BCUT2D eigenvalue weighted by molar-refractivity contribution is 14.0. The second kappa shape index (κ2) is 10.1. The number of piperidine rings is 1. The number of likely N-dealkylation sites (tertiary alicyclic amines) is 1. The zero-order valence-electron chi connectivity index (χ0n) is 15.7. The third kappa shape index (κ3) is 5.70. The summed E-state index contributed by atoms with van der Waals surface area (Å²) < 4.78 is 19.1. The number of guanidine groups is 1. The summed E-state index contributed by atoms with van der Waals surface area (Å²) in [5, 5.41) is 6.29. The Morgan fingerprint density at radius 1 is 1.44 bits per heavy atom. The minimum atomic E-state index is -0.361. The molecule has 0 bridgehead atoms. The molecule has 2 heterocycles. The van der Waals surface area contributed by atoms with Crippen LogP contribution in [-0.2, 0) is 4.79 Å². The van der Waals surface area contributed by atoms with Gasteiger partial charge < -0.3 is 20.3 Å². The van der Waals surface area contributed by atoms with Gasteiger partial charge in [0.1, 0.15) is 6.61 Å². The Kier molecular flexibility index (Phi) is 8.12. The van der Waals surface area contributed by atoms with Crippen LogP contribution in [0.2, 0.25) is 0 Å². The molecule has 0 radical (unpaired) electrons. The molecule has 2 fully saturated rings. The lowest BCUT2D eigenvalue weighted by molar-refractivity contribution is -0.119. The smallest absolute Gasteiger partial charge is 0.220 e. The van der Waals surface area contributed by atoms with Crippen molar-refractivity contribution in [1.29, 1.82) is 0 Å². The number of carbonyl (C=O) groups is 1. The molecule has 1 atom stereocenters. The molecule has 0 aliphatic carbocycles. The van der Waals surface area contributed by atoms with E-state index < -0.39 is 0 Å². The Morgan fingerprint density at radius 2 is 2.26 bits per heavy atom. The topological polar surface area (TPSA) is 66.0 Å². The molecule has 1 aromatic carbocycles. The molecule has 1 amide bonds. The monoisotopic (exact) mass is 490 g/mol. The predicted molar refractivity (Wildman–Crippen MR) is 114 cm³/mol. The van der Waals surface area contributed by atoms with Gasteiger partial charge in [-0.1, -0.05) is 12.1 Å². The maximum absolute atomic E-state index is 13.6. The Balaban J connectivity index is 0.00000261. The van der Waals surface area contributed by atoms with Gasteiger partial charge >= 0.3 is 0 Å². The van der Waals surface area contributed by atoms with Gasteiger partial charge in [0.05, 0.1) is 6.54 Å². The Labute approximate surface area is 177 Å². The van der Waals surface area contributed by atoms with Crippen LogP contribution in [0.25, 0.3) is 0 Å². The normalized spacial score (nSPS) is 22.4. The van der Waals surface area contributed by atoms with Crippen molar-refractivity contribution in [2.45, 2.75) is 26.2 Å². The molecule has 27 heavy (non-hydrogen) atoms. The van der Waals surface area contributed by atoms with Gasteiger partial charge in [0.25, 0.3) is 0 Å². The number of hydrogen-bond donors (Lipinski definition) is 2. The van der Waals surface area contributed by atoms with E-state index in [1.54, 1.807) is 18.2 Å². The maximum Gasteiger partial charge on any atom is 0.220 e. The summed E-state index contributed by atoms with van der Waals surface area (Å²) in [4.78, 5) is 18.5. The van der Waals surface area contributed by atoms with Crippen molar-refractivity contribution in [2.24, 2.45) is 10.4 Å². The minimum absolute atomic E-state index is 0. The second-order valence-corrected chi connectivity index (χ2v) is 6.99. The summed E-state index contributed by atoms with van der Waals surface area (Å²) in [7, 11) is 0. The molecule has 1 unspecified atom stereocenters. The molecule has 2 aliphatic rings. The SMILES string of the molecule is CCNC(=NCCOc1ccccc1F)N1CCCC2(CNC(=O)C2)C1.I. The predicted octanol–water partition coefficient (Wildman–Crippen LogP) is 2.39. The number of aliphatic imine (C=N–C) groups is 1. The molecule has 1 spiro atoms. The molecule has 1 aromatic rings. The number of hydrogen-bond acceptors (Lipinski definition) is 3. The number of rotatable bonds is 5. The zero-order valence-corrected chi connectivity index (χ0v) is 18.0. The fourth-order valence-electron chi connectivity index (χ4n) is 3.72. The molecule has 2 N–H and O–H groups in total. The van der Waals surface area contributed by atoms with Crippen LogP contribution in [-0.4, -0.2) is 56.1 Å². The fourth-order valence-corrected chi connectivity index (χ4v) is 3.72. The minimum Gasteiger partial charge on any atom is -0.489 e. The van der Waals surface area contributed by atoms with Gasteiger partial charge in [-0.3, -0.25) is 4.79 Å². The van der Waals surface area contributed by atoms with Crippen molar-refractivity contribution >= 4 is 35.8 Å². The second-order valence-electron chi connectivity index (χ2n) is 6.99. The highest BCUT2D eigenvalue weighted by Gasteiger charge is 2.42. The van der Waals surface area contributed by atoms with E-state index in [0.717, 1.165) is 45.0 Å². The van der Waals surface area contributed by atoms with Crippen LogP contribution in [0.1, 0.15) is 26.2 Å². The molecule has 6 nitrogen and oxygen atoms in total. The lowest BCUT2D eigenvalue weighted by Crippen LogP contribution is -2.51. The van der Waals surface area contributed by atoms with E-state index in [0.29, 0.717) is 19.6 Å². The fraction of sp³-hybridized carbons (Fsp3) is 0.579. The highest BCUT2D eigenvalue weighted by Crippen LogP contribution is 2.35. The van der Waals surface area contributed by atoms with Gasteiger partial charge in [-0.15, -0.1) is 24.0 Å². The van der Waals surface area contributed by atoms with Crippen LogP contribution < -0.4 is 15.4 Å². The summed E-state index contributed by atoms with van der Waals surface area (Å²) in [6.45, 7) is 6.06. The largest absolute Gasteiger partial charge is 0.489 e. The number of amides is 1. The molecule has 8 heteroatoms. The Morgan fingerprint density at radius 3 is 2.96 bits per heavy atom. The van der Waals surface area contributed by atoms with Gasteiger partial charge in [0.2, 0.25) is 5.91 Å². The third-order valence-corrected chi connectivity index (χ3v) is 4.94. The van der Waals surface area contributed by atoms with Crippen molar-refractivity contribution in [1.82, 2.24) is 15.5 Å². The first kappa shape index (κ1) is 21.7. The van der Waals surface area contributed by atoms with E-state index in [-0.39, 0.29) is 46.9 Å². The molecule has 3 rings (SSSR count). The molecular weight excluding hydrogens is 462 g/mol. The molecule has 0 saturated carbocycles. The number of para-hydroxylation sites is 1. The molecule has 2 aliphatic heterocycles. The zero-order chi connectivity index (χ0) is 18.4. The summed E-state index contributed by atoms with van der Waals surface area (Å²) in [6.07, 6.45) is 2.71. The van der Waals surface area contributed by atoms with Crippen molar-refractivity contribution in [3.8, 4) is 5.75 Å². The molecule has 2 saturated heterocycles. The number of halogens is 2. The first-order valence-corrected chi connectivity index (χ1v) is 9.29. The molecule has 150 valence electrons. The highest BCUT2D eigenvalue weighted by atomic mass is 127. The van der Waals surface area contributed by atoms with Gasteiger partial charge in [-0.2, -0.15) is 0 Å². The number of nitrogens with zero attached hydrogens (tertiary/aromatic N) is 2. The lowest BCUT2D eigenvalue weighted by atomic mass is 9.79. The van der Waals surface area contributed by atoms with E-state index in [9.17, 15) is 9.18 Å². The Hall–Kier alpha value is -1.58. The van der Waals surface area contributed by atoms with Crippen LogP contribution in [0.15, 0.2) is 29.3 Å². The quantitative estimate of drug-likeness (QED) is 0.288. The van der Waals surface area contributed by atoms with Gasteiger partial charge in [0.15, 0.2) is 17.5 Å². The molecule has 0 aromatic heterocycles. The van der Waals surface area contributed by atoms with E-state index >= 15 is 0 Å². The molecular formula is C19H28FIN4O2. The van der Waals surface area contributed by atoms with Crippen LogP contribution in [0.5, 0.6) is 5.75 Å². The van der Waals surface area contributed by atoms with Crippen LogP contribution in [0, 0.1) is 11.2 Å². The summed E-state index contributed by atoms with van der Waals surface area (Å²) >= 11 is 0. The maximum atomic E-state index is 13.6. The van der Waals surface area contributed by atoms with Gasteiger partial charge in [-0.05, 0) is 31.9 Å². The summed E-state index contributed by atoms with van der Waals surface area (Å²) in [5.74, 6) is 0.870. The van der Waals surface area contributed by atoms with E-state index in [1.807, 2.05) is 6.92 Å². The van der Waals surface area contributed by atoms with Crippen LogP contribution >= 0.6 is 24.0 Å². The lowest BCUT2D eigenvalue weighted by Gasteiger charge is -2.40. The summed E-state index contributed by atoms with van der Waals surface area (Å²) in [5.41, 5.74) is 0.0230. The summed E-state index contributed by atoms with van der Waals surface area (Å²) in [6, 6.07) is 6.38. The number of ether oxygens (including phenoxy) is 1. The van der Waals surface area contributed by atoms with Gasteiger partial charge in [0, 0.05) is 38.0 Å². The van der Waals surface area contributed by atoms with E-state index in [4.69, 9.17) is 4.74 Å². The van der Waals surface area contributed by atoms with Crippen molar-refractivity contribution in [3.05, 3.63) is 30.1 Å². The number of benzene rings is 1. The van der Waals surface area contributed by atoms with Crippen LogP contribution in [0.3, 0.4) is 0 Å².